The van der Waals surface area contributed by atoms with Crippen molar-refractivity contribution in [2.45, 2.75) is 13.5 Å². The highest BCUT2D eigenvalue weighted by Gasteiger charge is 1.96. The second-order valence-corrected chi connectivity index (χ2v) is 2.32. The standard InChI is InChI=1S/C9H10N2/c1-3-8-4-9(5-10)7(2)11-6-8/h1,4,6H,5,10H2,2H3. The molecule has 0 bridgehead atoms. The van der Waals surface area contributed by atoms with E-state index in [1.54, 1.807) is 6.20 Å². The zero-order valence-electron chi connectivity index (χ0n) is 6.46. The molecular weight excluding hydrogens is 136 g/mol. The van der Waals surface area contributed by atoms with Crippen molar-refractivity contribution in [1.82, 2.24) is 4.98 Å². The van der Waals surface area contributed by atoms with Gasteiger partial charge in [0.15, 0.2) is 0 Å². The van der Waals surface area contributed by atoms with Crippen LogP contribution in [0.1, 0.15) is 16.8 Å². The van der Waals surface area contributed by atoms with Crippen molar-refractivity contribution >= 4 is 0 Å². The van der Waals surface area contributed by atoms with Crippen LogP contribution in [0.15, 0.2) is 12.3 Å². The molecule has 1 aromatic heterocycles. The van der Waals surface area contributed by atoms with Gasteiger partial charge in [-0.25, -0.2) is 0 Å². The summed E-state index contributed by atoms with van der Waals surface area (Å²) in [4.78, 5) is 4.10. The minimum atomic E-state index is 0.494. The quantitative estimate of drug-likeness (QED) is 0.596. The van der Waals surface area contributed by atoms with Crippen molar-refractivity contribution in [3.63, 3.8) is 0 Å². The lowest BCUT2D eigenvalue weighted by molar-refractivity contribution is 1.01. The Morgan fingerprint density at radius 1 is 1.73 bits per heavy atom. The van der Waals surface area contributed by atoms with Gasteiger partial charge in [0.05, 0.1) is 0 Å². The first-order valence-corrected chi connectivity index (χ1v) is 3.40. The molecule has 0 amide bonds. The summed E-state index contributed by atoms with van der Waals surface area (Å²) in [6, 6.07) is 1.89. The number of hydrogen-bond donors (Lipinski definition) is 1. The van der Waals surface area contributed by atoms with Crippen LogP contribution >= 0.6 is 0 Å². The van der Waals surface area contributed by atoms with E-state index in [0.29, 0.717) is 6.54 Å². The lowest BCUT2D eigenvalue weighted by atomic mass is 10.1. The van der Waals surface area contributed by atoms with Crippen molar-refractivity contribution in [1.29, 1.82) is 0 Å². The number of terminal acetylenes is 1. The number of nitrogens with zero attached hydrogens (tertiary/aromatic N) is 1. The minimum absolute atomic E-state index is 0.494. The van der Waals surface area contributed by atoms with Crippen LogP contribution in [0, 0.1) is 19.3 Å². The molecule has 2 nitrogen and oxygen atoms in total. The van der Waals surface area contributed by atoms with Gasteiger partial charge in [0.25, 0.3) is 0 Å². The molecular formula is C9H10N2. The zero-order chi connectivity index (χ0) is 8.27. The van der Waals surface area contributed by atoms with Gasteiger partial charge < -0.3 is 5.73 Å². The molecule has 0 saturated carbocycles. The van der Waals surface area contributed by atoms with Crippen molar-refractivity contribution in [3.05, 3.63) is 29.1 Å². The molecule has 0 aliphatic rings. The van der Waals surface area contributed by atoms with Gasteiger partial charge in [0.1, 0.15) is 0 Å². The van der Waals surface area contributed by atoms with Crippen LogP contribution in [0.5, 0.6) is 0 Å². The highest BCUT2D eigenvalue weighted by molar-refractivity contribution is 5.34. The smallest absolute Gasteiger partial charge is 0.0429 e. The van der Waals surface area contributed by atoms with Crippen molar-refractivity contribution in [3.8, 4) is 12.3 Å². The van der Waals surface area contributed by atoms with E-state index in [-0.39, 0.29) is 0 Å². The molecule has 0 spiro atoms. The first-order chi connectivity index (χ1) is 5.27. The second-order valence-electron chi connectivity index (χ2n) is 2.32. The van der Waals surface area contributed by atoms with Crippen molar-refractivity contribution in [2.24, 2.45) is 5.73 Å². The third kappa shape index (κ3) is 1.57. The Morgan fingerprint density at radius 2 is 2.45 bits per heavy atom. The Labute approximate surface area is 66.4 Å². The molecule has 0 aromatic carbocycles. The molecule has 0 atom stereocenters. The van der Waals surface area contributed by atoms with Crippen molar-refractivity contribution in [2.75, 3.05) is 0 Å². The minimum Gasteiger partial charge on any atom is -0.326 e. The third-order valence-electron chi connectivity index (χ3n) is 1.58. The van der Waals surface area contributed by atoms with Crippen LogP contribution < -0.4 is 5.73 Å². The topological polar surface area (TPSA) is 38.9 Å². The summed E-state index contributed by atoms with van der Waals surface area (Å²) in [5.41, 5.74) is 8.22. The molecule has 11 heavy (non-hydrogen) atoms. The van der Waals surface area contributed by atoms with Crippen LogP contribution in [-0.4, -0.2) is 4.98 Å². The molecule has 0 aliphatic heterocycles. The van der Waals surface area contributed by atoms with E-state index < -0.39 is 0 Å². The van der Waals surface area contributed by atoms with Gasteiger partial charge >= 0.3 is 0 Å². The van der Waals surface area contributed by atoms with Crippen LogP contribution in [0.25, 0.3) is 0 Å². The van der Waals surface area contributed by atoms with E-state index in [0.717, 1.165) is 16.8 Å². The fourth-order valence-electron chi connectivity index (χ4n) is 0.864. The summed E-state index contributed by atoms with van der Waals surface area (Å²) in [5, 5.41) is 0. The lowest BCUT2D eigenvalue weighted by Gasteiger charge is -2.00. The van der Waals surface area contributed by atoms with Gasteiger partial charge in [-0.1, -0.05) is 5.92 Å². The van der Waals surface area contributed by atoms with Crippen molar-refractivity contribution < 1.29 is 0 Å². The van der Waals surface area contributed by atoms with E-state index in [1.807, 2.05) is 13.0 Å². The zero-order valence-corrected chi connectivity index (χ0v) is 6.46. The lowest BCUT2D eigenvalue weighted by Crippen LogP contribution is -2.01. The third-order valence-corrected chi connectivity index (χ3v) is 1.58. The molecule has 0 aliphatic carbocycles. The molecule has 0 saturated heterocycles. The summed E-state index contributed by atoms with van der Waals surface area (Å²) in [6.07, 6.45) is 6.87. The summed E-state index contributed by atoms with van der Waals surface area (Å²) in [6.45, 7) is 2.41. The first-order valence-electron chi connectivity index (χ1n) is 3.40. The second kappa shape index (κ2) is 3.18. The maximum Gasteiger partial charge on any atom is 0.0429 e. The number of pyridine rings is 1. The van der Waals surface area contributed by atoms with E-state index in [2.05, 4.69) is 10.9 Å². The number of hydrogen-bond acceptors (Lipinski definition) is 2. The molecule has 1 heterocycles. The normalized spacial score (nSPS) is 9.18. The van der Waals surface area contributed by atoms with Gasteiger partial charge in [-0.3, -0.25) is 4.98 Å². The van der Waals surface area contributed by atoms with E-state index >= 15 is 0 Å². The first kappa shape index (κ1) is 7.77. The average Bonchev–Trinajstić information content (AvgIpc) is 2.05. The van der Waals surface area contributed by atoms with Gasteiger partial charge in [-0.15, -0.1) is 6.42 Å². The monoisotopic (exact) mass is 146 g/mol. The summed E-state index contributed by atoms with van der Waals surface area (Å²) in [7, 11) is 0. The number of rotatable bonds is 1. The predicted molar refractivity (Wildman–Crippen MR) is 44.8 cm³/mol. The highest BCUT2D eigenvalue weighted by Crippen LogP contribution is 2.05. The van der Waals surface area contributed by atoms with E-state index in [9.17, 15) is 0 Å². The molecule has 0 radical (unpaired) electrons. The summed E-state index contributed by atoms with van der Waals surface area (Å²) < 4.78 is 0. The summed E-state index contributed by atoms with van der Waals surface area (Å²) in [5.74, 6) is 2.51. The molecule has 2 N–H and O–H groups in total. The van der Waals surface area contributed by atoms with Gasteiger partial charge in [0.2, 0.25) is 0 Å². The SMILES string of the molecule is C#Cc1cnc(C)c(CN)c1. The van der Waals surface area contributed by atoms with Crippen LogP contribution in [-0.2, 0) is 6.54 Å². The number of aryl methyl sites for hydroxylation is 1. The Bertz CT molecular complexity index is 297. The van der Waals surface area contributed by atoms with Crippen LogP contribution in [0.4, 0.5) is 0 Å². The van der Waals surface area contributed by atoms with Gasteiger partial charge in [0, 0.05) is 24.0 Å². The van der Waals surface area contributed by atoms with Crippen LogP contribution in [0.3, 0.4) is 0 Å². The molecule has 0 unspecified atom stereocenters. The maximum atomic E-state index is 5.47. The molecule has 2 heteroatoms. The highest BCUT2D eigenvalue weighted by atomic mass is 14.7. The Morgan fingerprint density at radius 3 is 3.00 bits per heavy atom. The fraction of sp³-hybridized carbons (Fsp3) is 0.222. The van der Waals surface area contributed by atoms with E-state index in [1.165, 1.54) is 0 Å². The Hall–Kier alpha value is -1.33. The molecule has 0 fully saturated rings. The van der Waals surface area contributed by atoms with Gasteiger partial charge in [-0.05, 0) is 18.6 Å². The summed E-state index contributed by atoms with van der Waals surface area (Å²) >= 11 is 0. The van der Waals surface area contributed by atoms with Crippen LogP contribution in [0.2, 0.25) is 0 Å². The van der Waals surface area contributed by atoms with Gasteiger partial charge in [-0.2, -0.15) is 0 Å². The fourth-order valence-corrected chi connectivity index (χ4v) is 0.864. The Balaban J connectivity index is 3.15. The molecule has 1 aromatic rings. The maximum absolute atomic E-state index is 5.47. The molecule has 1 rings (SSSR count). The largest absolute Gasteiger partial charge is 0.326 e. The number of aromatic nitrogens is 1. The predicted octanol–water partition coefficient (Wildman–Crippen LogP) is 0.830. The average molecular weight is 146 g/mol. The number of nitrogens with two attached hydrogens (primary N) is 1. The Kier molecular flexibility index (Phi) is 2.25. The van der Waals surface area contributed by atoms with E-state index in [4.69, 9.17) is 12.2 Å². The molecule has 56 valence electrons.